The number of esters is 1. The Kier molecular flexibility index (Phi) is 8.67. The molecule has 61 heavy (non-hydrogen) atoms. The van der Waals surface area contributed by atoms with Crippen molar-refractivity contribution in [3.63, 3.8) is 0 Å². The lowest BCUT2D eigenvalue weighted by Gasteiger charge is -2.52. The normalized spacial score (nSPS) is 21.4. The smallest absolute Gasteiger partial charge is 0.331 e. The number of rotatable bonds is 8. The lowest BCUT2D eigenvalue weighted by Crippen LogP contribution is -2.44. The minimum atomic E-state index is -1.72. The van der Waals surface area contributed by atoms with E-state index in [2.05, 4.69) is 178 Å². The van der Waals surface area contributed by atoms with Crippen LogP contribution in [0.5, 0.6) is 0 Å². The Labute approximate surface area is 361 Å². The minimum absolute atomic E-state index is 0.142. The maximum absolute atomic E-state index is 15.5. The monoisotopic (exact) mass is 812 g/mol. The van der Waals surface area contributed by atoms with Gasteiger partial charge < -0.3 is 4.74 Å². The summed E-state index contributed by atoms with van der Waals surface area (Å²) in [4.78, 5) is 13.7. The highest BCUT2D eigenvalue weighted by atomic mass is 32.2. The van der Waals surface area contributed by atoms with E-state index >= 15 is 4.21 Å². The van der Waals surface area contributed by atoms with Gasteiger partial charge in [-0.05, 0) is 109 Å². The first-order valence-corrected chi connectivity index (χ1v) is 22.9. The molecule has 13 rings (SSSR count). The molecule has 4 bridgehead atoms. The summed E-state index contributed by atoms with van der Waals surface area (Å²) in [5.41, 5.74) is 17.8. The highest BCUT2D eigenvalue weighted by Crippen LogP contribution is 2.62. The van der Waals surface area contributed by atoms with Crippen LogP contribution in [0.1, 0.15) is 123 Å². The summed E-state index contributed by atoms with van der Waals surface area (Å²) in [6.07, 6.45) is 2.54. The van der Waals surface area contributed by atoms with E-state index in [1.165, 1.54) is 78.4 Å². The summed E-state index contributed by atoms with van der Waals surface area (Å²) in [5, 5.41) is 1.56. The Hall–Kier alpha value is -6.10. The van der Waals surface area contributed by atoms with Gasteiger partial charge in [0.05, 0.1) is 28.2 Å². The molecule has 0 saturated carbocycles. The van der Waals surface area contributed by atoms with Gasteiger partial charge in [0.1, 0.15) is 0 Å². The largest absolute Gasteiger partial charge is 0.463 e. The van der Waals surface area contributed by atoms with E-state index in [-0.39, 0.29) is 23.9 Å². The van der Waals surface area contributed by atoms with Crippen molar-refractivity contribution in [3.8, 4) is 0 Å². The third kappa shape index (κ3) is 5.40. The van der Waals surface area contributed by atoms with Crippen LogP contribution < -0.4 is 0 Å². The fourth-order valence-corrected chi connectivity index (χ4v) is 13.1. The fourth-order valence-electron chi connectivity index (χ4n) is 11.9. The van der Waals surface area contributed by atoms with E-state index in [0.29, 0.717) is 12.8 Å². The van der Waals surface area contributed by atoms with Crippen LogP contribution in [0.25, 0.3) is 0 Å². The first kappa shape index (κ1) is 37.9. The maximum Gasteiger partial charge on any atom is 0.331 e. The van der Waals surface area contributed by atoms with Gasteiger partial charge in [0.2, 0.25) is 0 Å². The van der Waals surface area contributed by atoms with Gasteiger partial charge in [-0.25, -0.2) is 9.00 Å². The molecule has 0 aliphatic heterocycles. The van der Waals surface area contributed by atoms with Crippen LogP contribution in [-0.2, 0) is 49.4 Å². The van der Waals surface area contributed by atoms with E-state index in [9.17, 15) is 4.79 Å². The molecule has 300 valence electrons. The third-order valence-corrected chi connectivity index (χ3v) is 15.5. The van der Waals surface area contributed by atoms with Crippen LogP contribution in [0.4, 0.5) is 0 Å². The molecule has 0 heterocycles. The first-order valence-electron chi connectivity index (χ1n) is 21.6. The summed E-state index contributed by atoms with van der Waals surface area (Å²) in [5.74, 6) is -0.209. The Morgan fingerprint density at radius 3 is 1.16 bits per heavy atom. The van der Waals surface area contributed by atoms with Crippen LogP contribution in [0.15, 0.2) is 174 Å². The predicted octanol–water partition coefficient (Wildman–Crippen LogP) is 11.9. The second kappa shape index (κ2) is 14.0. The highest BCUT2D eigenvalue weighted by Gasteiger charge is 2.54. The number of hydrogen-bond acceptors (Lipinski definition) is 3. The second-order valence-electron chi connectivity index (χ2n) is 18.3. The molecule has 1 unspecified atom stereocenters. The average Bonchev–Trinajstić information content (AvgIpc) is 3.28. The first-order chi connectivity index (χ1) is 29.7. The molecule has 0 N–H and O–H groups in total. The molecule has 4 heteroatoms. The van der Waals surface area contributed by atoms with Crippen LogP contribution in [0.2, 0.25) is 0 Å². The summed E-state index contributed by atoms with van der Waals surface area (Å²) in [6, 6.07) is 58.5. The van der Waals surface area contributed by atoms with E-state index in [0.717, 1.165) is 16.0 Å². The van der Waals surface area contributed by atoms with Crippen molar-refractivity contribution >= 4 is 16.8 Å². The fraction of sp³-hybridized carbons (Fsp3) is 0.211. The minimum Gasteiger partial charge on any atom is -0.463 e. The van der Waals surface area contributed by atoms with Gasteiger partial charge in [-0.3, -0.25) is 0 Å². The molecule has 0 radical (unpaired) electrons. The Balaban J connectivity index is 1.22. The number of hydrogen-bond donors (Lipinski definition) is 0. The van der Waals surface area contributed by atoms with E-state index in [1.54, 1.807) is 12.3 Å². The molecule has 3 nitrogen and oxygen atoms in total. The van der Waals surface area contributed by atoms with Crippen molar-refractivity contribution < 1.29 is 13.7 Å². The quantitative estimate of drug-likeness (QED) is 0.113. The standard InChI is InChI=1S/C57H48O3S/c1-5-60-51(58)30-31-61(59)54-36(34-56-45-24-12-6-18-39(45)52(40-19-7-13-25-46(40)56)41-20-8-14-26-47(41)56)32-38(55(2,3)4)33-37(54)35-57-48-27-15-9-21-42(48)53(43-22-10-16-28-49(43)57)44-23-11-17-29-50(44)57/h6-33,52-53H,5,34-35H2,1-4H3/b31-30+. The molecule has 1 atom stereocenters. The van der Waals surface area contributed by atoms with Crippen molar-refractivity contribution in [2.75, 3.05) is 6.61 Å². The molecule has 0 saturated heterocycles. The highest BCUT2D eigenvalue weighted by molar-refractivity contribution is 7.88. The molecule has 0 fully saturated rings. The number of carbonyl (C=O) groups excluding carboxylic acids is 1. The predicted molar refractivity (Wildman–Crippen MR) is 245 cm³/mol. The number of carbonyl (C=O) groups is 1. The second-order valence-corrected chi connectivity index (χ2v) is 19.6. The van der Waals surface area contributed by atoms with Gasteiger partial charge in [-0.2, -0.15) is 0 Å². The zero-order valence-electron chi connectivity index (χ0n) is 35.1. The van der Waals surface area contributed by atoms with Gasteiger partial charge >= 0.3 is 5.97 Å². The molecule has 6 aliphatic rings. The maximum atomic E-state index is 15.5. The lowest BCUT2D eigenvalue weighted by molar-refractivity contribution is -0.137. The molecule has 0 aromatic heterocycles. The lowest BCUT2D eigenvalue weighted by atomic mass is 9.51. The zero-order chi connectivity index (χ0) is 41.7. The van der Waals surface area contributed by atoms with Gasteiger partial charge in [0.25, 0.3) is 0 Å². The van der Waals surface area contributed by atoms with Crippen LogP contribution >= 0.6 is 0 Å². The Bertz CT molecular complexity index is 2590. The van der Waals surface area contributed by atoms with Gasteiger partial charge in [0, 0.05) is 28.2 Å². The average molecular weight is 813 g/mol. The Morgan fingerprint density at radius 1 is 0.557 bits per heavy atom. The molecule has 0 spiro atoms. The summed E-state index contributed by atoms with van der Waals surface area (Å²) in [7, 11) is -1.72. The summed E-state index contributed by atoms with van der Waals surface area (Å²) < 4.78 is 20.9. The molecular formula is C57H48O3S. The SMILES string of the molecule is CCOC(=O)/C=C/S(=O)c1c(CC23c4ccccc4C(c4ccccc42)c2ccccc23)cc(C(C)(C)C)cc1CC12c3ccccc3C(c3ccccc31)c1ccccc12. The van der Waals surface area contributed by atoms with Crippen LogP contribution in [0.3, 0.4) is 0 Å². The van der Waals surface area contributed by atoms with E-state index in [1.807, 2.05) is 0 Å². The van der Waals surface area contributed by atoms with Crippen molar-refractivity contribution in [2.45, 2.75) is 73.5 Å². The van der Waals surface area contributed by atoms with E-state index < -0.39 is 27.6 Å². The van der Waals surface area contributed by atoms with Gasteiger partial charge in [0.15, 0.2) is 0 Å². The van der Waals surface area contributed by atoms with Crippen LogP contribution in [-0.4, -0.2) is 16.8 Å². The van der Waals surface area contributed by atoms with Crippen molar-refractivity contribution in [2.24, 2.45) is 0 Å². The molecule has 7 aromatic rings. The molecule has 7 aromatic carbocycles. The number of benzene rings is 7. The van der Waals surface area contributed by atoms with Crippen molar-refractivity contribution in [1.82, 2.24) is 0 Å². The van der Waals surface area contributed by atoms with E-state index in [4.69, 9.17) is 4.74 Å². The molecule has 0 amide bonds. The zero-order valence-corrected chi connectivity index (χ0v) is 35.9. The van der Waals surface area contributed by atoms with Crippen molar-refractivity contribution in [1.29, 1.82) is 0 Å². The molecular weight excluding hydrogens is 765 g/mol. The number of ether oxygens (including phenoxy) is 1. The third-order valence-electron chi connectivity index (χ3n) is 14.2. The molecule has 6 aliphatic carbocycles. The summed E-state index contributed by atoms with van der Waals surface area (Å²) >= 11 is 0. The van der Waals surface area contributed by atoms with Crippen LogP contribution in [0, 0.1) is 0 Å². The summed E-state index contributed by atoms with van der Waals surface area (Å²) in [6.45, 7) is 8.88. The van der Waals surface area contributed by atoms with Gasteiger partial charge in [-0.1, -0.05) is 178 Å². The van der Waals surface area contributed by atoms with Crippen molar-refractivity contribution in [3.05, 3.63) is 253 Å². The Morgan fingerprint density at radius 2 is 0.869 bits per heavy atom. The van der Waals surface area contributed by atoms with Gasteiger partial charge in [-0.15, -0.1) is 0 Å². The topological polar surface area (TPSA) is 43.4 Å².